The minimum absolute atomic E-state index is 0.117. The maximum Gasteiger partial charge on any atom is 0.228 e. The highest BCUT2D eigenvalue weighted by molar-refractivity contribution is 5.89. The summed E-state index contributed by atoms with van der Waals surface area (Å²) in [6.45, 7) is 3.77. The average Bonchev–Trinajstić information content (AvgIpc) is 3.19. The molecule has 0 spiro atoms. The molecule has 3 heterocycles. The third-order valence-electron chi connectivity index (χ3n) is 5.14. The molecule has 0 N–H and O–H groups in total. The van der Waals surface area contributed by atoms with E-state index >= 15 is 0 Å². The molecule has 4 rings (SSSR count). The van der Waals surface area contributed by atoms with Gasteiger partial charge in [-0.2, -0.15) is 4.98 Å². The zero-order valence-electron chi connectivity index (χ0n) is 13.4. The summed E-state index contributed by atoms with van der Waals surface area (Å²) in [7, 11) is 0. The summed E-state index contributed by atoms with van der Waals surface area (Å²) >= 11 is 0. The molecule has 1 aliphatic carbocycles. The van der Waals surface area contributed by atoms with Crippen molar-refractivity contribution in [2.75, 3.05) is 19.6 Å². The summed E-state index contributed by atoms with van der Waals surface area (Å²) in [5.74, 6) is 1.49. The van der Waals surface area contributed by atoms with Crippen LogP contribution in [0.15, 0.2) is 4.52 Å². The van der Waals surface area contributed by atoms with Gasteiger partial charge in [0.2, 0.25) is 17.7 Å². The van der Waals surface area contributed by atoms with Crippen LogP contribution in [0.2, 0.25) is 0 Å². The highest BCUT2D eigenvalue weighted by Crippen LogP contribution is 2.34. The minimum atomic E-state index is -0.172. The van der Waals surface area contributed by atoms with E-state index in [4.69, 9.17) is 4.52 Å². The van der Waals surface area contributed by atoms with Crippen LogP contribution < -0.4 is 0 Å². The lowest BCUT2D eigenvalue weighted by atomic mass is 9.95. The van der Waals surface area contributed by atoms with Gasteiger partial charge in [0, 0.05) is 44.9 Å². The highest BCUT2D eigenvalue weighted by atomic mass is 16.5. The number of aryl methyl sites for hydroxylation is 1. The van der Waals surface area contributed by atoms with Crippen molar-refractivity contribution in [1.82, 2.24) is 19.9 Å². The molecule has 3 aliphatic rings. The monoisotopic (exact) mass is 318 g/mol. The van der Waals surface area contributed by atoms with Gasteiger partial charge in [-0.15, -0.1) is 0 Å². The van der Waals surface area contributed by atoms with Gasteiger partial charge < -0.3 is 14.3 Å². The first-order chi connectivity index (χ1) is 11.1. The number of amides is 2. The molecule has 2 aliphatic heterocycles. The van der Waals surface area contributed by atoms with E-state index in [2.05, 4.69) is 10.1 Å². The van der Waals surface area contributed by atoms with E-state index in [1.807, 2.05) is 9.80 Å². The lowest BCUT2D eigenvalue weighted by Gasteiger charge is -2.33. The Morgan fingerprint density at radius 3 is 2.78 bits per heavy atom. The summed E-state index contributed by atoms with van der Waals surface area (Å²) in [4.78, 5) is 33.0. The van der Waals surface area contributed by atoms with E-state index in [1.165, 1.54) is 0 Å². The predicted molar refractivity (Wildman–Crippen MR) is 80.4 cm³/mol. The molecular weight excluding hydrogens is 296 g/mol. The number of piperidine rings is 1. The molecular formula is C16H22N4O3. The summed E-state index contributed by atoms with van der Waals surface area (Å²) in [5.41, 5.74) is 0. The SMILES string of the molecule is Cc1nc([C@@H]2CCCN(C(=O)[C@@H]3CC(=O)N(C4CC4)C3)C2)no1. The van der Waals surface area contributed by atoms with Gasteiger partial charge in [-0.1, -0.05) is 5.16 Å². The van der Waals surface area contributed by atoms with Gasteiger partial charge in [0.05, 0.1) is 5.92 Å². The molecule has 0 radical (unpaired) electrons. The van der Waals surface area contributed by atoms with Crippen LogP contribution in [0.4, 0.5) is 0 Å². The average molecular weight is 318 g/mol. The molecule has 2 atom stereocenters. The lowest BCUT2D eigenvalue weighted by molar-refractivity contribution is -0.137. The van der Waals surface area contributed by atoms with Gasteiger partial charge in [0.25, 0.3) is 0 Å². The lowest BCUT2D eigenvalue weighted by Crippen LogP contribution is -2.43. The first-order valence-electron chi connectivity index (χ1n) is 8.50. The third kappa shape index (κ3) is 2.84. The fourth-order valence-corrected chi connectivity index (χ4v) is 3.76. The molecule has 23 heavy (non-hydrogen) atoms. The number of carbonyl (C=O) groups is 2. The predicted octanol–water partition coefficient (Wildman–Crippen LogP) is 1.09. The molecule has 1 aromatic rings. The Balaban J connectivity index is 1.41. The number of rotatable bonds is 3. The van der Waals surface area contributed by atoms with Crippen LogP contribution in [0, 0.1) is 12.8 Å². The standard InChI is InChI=1S/C16H22N4O3/c1-10-17-15(18-23-10)11-3-2-6-19(8-11)16(22)12-7-14(21)20(9-12)13-4-5-13/h11-13H,2-9H2,1H3/t11-,12-/m1/s1. The molecule has 0 bridgehead atoms. The zero-order valence-corrected chi connectivity index (χ0v) is 13.4. The molecule has 1 saturated carbocycles. The van der Waals surface area contributed by atoms with Crippen LogP contribution in [-0.2, 0) is 9.59 Å². The van der Waals surface area contributed by atoms with Crippen LogP contribution in [-0.4, -0.2) is 57.4 Å². The van der Waals surface area contributed by atoms with Crippen LogP contribution >= 0.6 is 0 Å². The van der Waals surface area contributed by atoms with E-state index < -0.39 is 0 Å². The first-order valence-corrected chi connectivity index (χ1v) is 8.50. The third-order valence-corrected chi connectivity index (χ3v) is 5.14. The fraction of sp³-hybridized carbons (Fsp3) is 0.750. The number of hydrogen-bond acceptors (Lipinski definition) is 5. The number of nitrogens with zero attached hydrogens (tertiary/aromatic N) is 4. The summed E-state index contributed by atoms with van der Waals surface area (Å²) in [6.07, 6.45) is 4.47. The van der Waals surface area contributed by atoms with Crippen LogP contribution in [0.3, 0.4) is 0 Å². The smallest absolute Gasteiger partial charge is 0.228 e. The molecule has 0 unspecified atom stereocenters. The second-order valence-electron chi connectivity index (χ2n) is 6.97. The van der Waals surface area contributed by atoms with Gasteiger partial charge in [0.1, 0.15) is 0 Å². The maximum atomic E-state index is 12.8. The summed E-state index contributed by atoms with van der Waals surface area (Å²) in [6, 6.07) is 0.400. The Kier molecular flexibility index (Phi) is 3.58. The van der Waals surface area contributed by atoms with Crippen molar-refractivity contribution in [3.8, 4) is 0 Å². The Morgan fingerprint density at radius 2 is 2.09 bits per heavy atom. The van der Waals surface area contributed by atoms with E-state index in [-0.39, 0.29) is 23.7 Å². The molecule has 7 nitrogen and oxygen atoms in total. The normalized spacial score (nSPS) is 28.5. The van der Waals surface area contributed by atoms with E-state index in [9.17, 15) is 9.59 Å². The van der Waals surface area contributed by atoms with E-state index in [0.29, 0.717) is 37.3 Å². The van der Waals surface area contributed by atoms with Crippen molar-refractivity contribution in [2.45, 2.75) is 51.0 Å². The molecule has 1 aromatic heterocycles. The van der Waals surface area contributed by atoms with E-state index in [0.717, 1.165) is 32.2 Å². The molecule has 0 aromatic carbocycles. The minimum Gasteiger partial charge on any atom is -0.342 e. The second kappa shape index (κ2) is 5.62. The quantitative estimate of drug-likeness (QED) is 0.833. The summed E-state index contributed by atoms with van der Waals surface area (Å²) in [5, 5.41) is 4.00. The number of carbonyl (C=O) groups excluding carboxylic acids is 2. The van der Waals surface area contributed by atoms with Crippen molar-refractivity contribution in [3.63, 3.8) is 0 Å². The van der Waals surface area contributed by atoms with E-state index in [1.54, 1.807) is 6.92 Å². The zero-order chi connectivity index (χ0) is 16.0. The van der Waals surface area contributed by atoms with Crippen LogP contribution in [0.1, 0.15) is 49.7 Å². The number of likely N-dealkylation sites (tertiary alicyclic amines) is 2. The van der Waals surface area contributed by atoms with Crippen molar-refractivity contribution >= 4 is 11.8 Å². The van der Waals surface area contributed by atoms with Crippen molar-refractivity contribution in [2.24, 2.45) is 5.92 Å². The maximum absolute atomic E-state index is 12.8. The molecule has 124 valence electrons. The van der Waals surface area contributed by atoms with Gasteiger partial charge in [-0.25, -0.2) is 0 Å². The number of aromatic nitrogens is 2. The molecule has 2 amide bonds. The van der Waals surface area contributed by atoms with Crippen molar-refractivity contribution in [3.05, 3.63) is 11.7 Å². The Morgan fingerprint density at radius 1 is 1.26 bits per heavy atom. The van der Waals surface area contributed by atoms with Crippen molar-refractivity contribution in [1.29, 1.82) is 0 Å². The highest BCUT2D eigenvalue weighted by Gasteiger charge is 2.43. The largest absolute Gasteiger partial charge is 0.342 e. The Bertz CT molecular complexity index is 625. The molecule has 7 heteroatoms. The summed E-state index contributed by atoms with van der Waals surface area (Å²) < 4.78 is 5.06. The van der Waals surface area contributed by atoms with Crippen LogP contribution in [0.25, 0.3) is 0 Å². The fourth-order valence-electron chi connectivity index (χ4n) is 3.76. The van der Waals surface area contributed by atoms with Gasteiger partial charge >= 0.3 is 0 Å². The molecule has 2 saturated heterocycles. The van der Waals surface area contributed by atoms with Crippen LogP contribution in [0.5, 0.6) is 0 Å². The Labute approximate surface area is 135 Å². The topological polar surface area (TPSA) is 79.5 Å². The molecule has 3 fully saturated rings. The van der Waals surface area contributed by atoms with Gasteiger partial charge in [-0.05, 0) is 25.7 Å². The van der Waals surface area contributed by atoms with Gasteiger partial charge in [0.15, 0.2) is 5.82 Å². The Hall–Kier alpha value is -1.92. The first kappa shape index (κ1) is 14.7. The number of hydrogen-bond donors (Lipinski definition) is 0. The van der Waals surface area contributed by atoms with Gasteiger partial charge in [-0.3, -0.25) is 9.59 Å². The van der Waals surface area contributed by atoms with Crippen molar-refractivity contribution < 1.29 is 14.1 Å². The second-order valence-corrected chi connectivity index (χ2v) is 6.97.